The molecule has 0 saturated heterocycles. The number of carbonyl (C=O) groups is 1. The summed E-state index contributed by atoms with van der Waals surface area (Å²) in [6.07, 6.45) is 5.80. The average Bonchev–Trinajstić information content (AvgIpc) is 3.43. The van der Waals surface area contributed by atoms with Crippen molar-refractivity contribution < 1.29 is 34.4 Å². The van der Waals surface area contributed by atoms with E-state index in [4.69, 9.17) is 4.42 Å². The summed E-state index contributed by atoms with van der Waals surface area (Å²) in [4.78, 5) is 17.5. The van der Waals surface area contributed by atoms with E-state index in [1.54, 1.807) is 0 Å². The predicted molar refractivity (Wildman–Crippen MR) is 207 cm³/mol. The fourth-order valence-electron chi connectivity index (χ4n) is 7.82. The number of benzene rings is 2. The molecule has 0 bridgehead atoms. The number of furan rings is 1. The summed E-state index contributed by atoms with van der Waals surface area (Å²) in [7, 11) is 0. The molecule has 5 heteroatoms. The van der Waals surface area contributed by atoms with Gasteiger partial charge in [0.15, 0.2) is 5.78 Å². The van der Waals surface area contributed by atoms with Gasteiger partial charge in [-0.1, -0.05) is 103 Å². The first-order chi connectivity index (χ1) is 22.6. The Hall–Kier alpha value is -2.75. The number of aromatic nitrogens is 1. The third-order valence-electron chi connectivity index (χ3n) is 12.7. The maximum atomic E-state index is 12.8. The number of nitrogens with zero attached hydrogens (tertiary/aromatic N) is 1. The van der Waals surface area contributed by atoms with Crippen molar-refractivity contribution in [2.45, 2.75) is 128 Å². The summed E-state index contributed by atoms with van der Waals surface area (Å²) in [6.45, 7) is 32.4. The van der Waals surface area contributed by atoms with E-state index in [-0.39, 0.29) is 71.6 Å². The van der Waals surface area contributed by atoms with Crippen molar-refractivity contribution in [3.05, 3.63) is 77.2 Å². The van der Waals surface area contributed by atoms with Crippen LogP contribution in [0.4, 0.5) is 0 Å². The Bertz CT molecular complexity index is 1820. The van der Waals surface area contributed by atoms with Crippen LogP contribution in [0, 0.1) is 47.5 Å². The summed E-state index contributed by atoms with van der Waals surface area (Å²) in [6, 6.07) is 15.8. The van der Waals surface area contributed by atoms with Crippen molar-refractivity contribution in [3.63, 3.8) is 0 Å². The number of hydrogen-bond acceptors (Lipinski definition) is 4. The Labute approximate surface area is 316 Å². The third kappa shape index (κ3) is 7.29. The number of allylic oxidation sites excluding steroid dienone is 2. The molecule has 1 radical (unpaired) electrons. The van der Waals surface area contributed by atoms with Crippen LogP contribution in [0.2, 0.25) is 0 Å². The van der Waals surface area contributed by atoms with Crippen LogP contribution in [0.15, 0.2) is 58.8 Å². The number of carbonyl (C=O) groups excluding carboxylic acids is 1. The Morgan fingerprint density at radius 2 is 1.44 bits per heavy atom. The molecule has 2 aromatic carbocycles. The van der Waals surface area contributed by atoms with Crippen LogP contribution in [-0.4, -0.2) is 15.9 Å². The summed E-state index contributed by atoms with van der Waals surface area (Å²) in [5.41, 5.74) is 7.34. The van der Waals surface area contributed by atoms with E-state index in [9.17, 15) is 9.90 Å². The molecule has 2 aromatic heterocycles. The van der Waals surface area contributed by atoms with Crippen LogP contribution >= 0.6 is 0 Å². The molecule has 0 spiro atoms. The zero-order chi connectivity index (χ0) is 36.9. The maximum Gasteiger partial charge on any atom is 0.165 e. The molecule has 50 heavy (non-hydrogen) atoms. The number of aliphatic hydroxyl groups excluding tert-OH is 1. The van der Waals surface area contributed by atoms with E-state index in [1.807, 2.05) is 44.3 Å². The first kappa shape index (κ1) is 41.7. The Morgan fingerprint density at radius 1 is 0.880 bits per heavy atom. The van der Waals surface area contributed by atoms with E-state index < -0.39 is 5.41 Å². The van der Waals surface area contributed by atoms with Crippen LogP contribution in [0.1, 0.15) is 126 Å². The molecule has 0 saturated carbocycles. The average molecular weight is 857 g/mol. The fourth-order valence-corrected chi connectivity index (χ4v) is 7.82. The van der Waals surface area contributed by atoms with Gasteiger partial charge in [-0.25, -0.2) is 0 Å². The van der Waals surface area contributed by atoms with Gasteiger partial charge in [-0.3, -0.25) is 4.79 Å². The quantitative estimate of drug-likeness (QED) is 0.109. The third-order valence-corrected chi connectivity index (χ3v) is 12.7. The zero-order valence-electron chi connectivity index (χ0n) is 33.4. The molecule has 1 aliphatic rings. The van der Waals surface area contributed by atoms with Crippen LogP contribution in [0.25, 0.3) is 33.2 Å². The van der Waals surface area contributed by atoms with Gasteiger partial charge >= 0.3 is 0 Å². The van der Waals surface area contributed by atoms with Gasteiger partial charge in [0.2, 0.25) is 0 Å². The number of aliphatic hydroxyl groups is 1. The van der Waals surface area contributed by atoms with Crippen LogP contribution < -0.4 is 0 Å². The van der Waals surface area contributed by atoms with Crippen molar-refractivity contribution >= 4 is 27.7 Å². The van der Waals surface area contributed by atoms with Gasteiger partial charge in [-0.15, -0.1) is 35.9 Å². The van der Waals surface area contributed by atoms with Crippen molar-refractivity contribution in [1.29, 1.82) is 0 Å². The normalized spacial score (nSPS) is 16.1. The minimum Gasteiger partial charge on any atom is -0.512 e. The number of fused-ring (bicyclic) bond motifs is 5. The molecular formula is C45H62IrNO3-. The molecule has 2 heterocycles. The number of pyridine rings is 1. The molecule has 1 N–H and O–H groups in total. The Kier molecular flexibility index (Phi) is 12.6. The van der Waals surface area contributed by atoms with Gasteiger partial charge in [-0.2, -0.15) is 0 Å². The summed E-state index contributed by atoms with van der Waals surface area (Å²) in [5, 5.41) is 13.1. The zero-order valence-corrected chi connectivity index (χ0v) is 35.8. The van der Waals surface area contributed by atoms with E-state index in [0.717, 1.165) is 22.4 Å². The van der Waals surface area contributed by atoms with Gasteiger partial charge in [-0.05, 0) is 77.0 Å². The second kappa shape index (κ2) is 15.1. The first-order valence-corrected chi connectivity index (χ1v) is 18.4. The molecule has 0 atom stereocenters. The molecule has 4 aromatic rings. The molecule has 0 unspecified atom stereocenters. The minimum atomic E-state index is -0.442. The number of aryl methyl sites for hydroxylation is 1. The SMILES string of the molecule is CC(C)C(C)(C(=O)/C=C(\O)C(C)(C(C)C)C(C)C)C(C)C.Cc1cc2c(c3c1oc1c(-c4[c-]cccc4)nccc13)C(C)(C)CCC2(C)C.[Ir]. The second-order valence-corrected chi connectivity index (χ2v) is 17.6. The standard InChI is InChI=1S/C26H26NO.C19H36O2.Ir/c1-16-15-19-21(26(4,5)13-12-25(19,2)3)20-18-11-14-27-22(24(18)28-23(16)20)17-9-7-6-8-10-17;1-12(2)18(9,13(3)4)16(20)11-17(21)19(10,14(5)6)15(7)8;/h6-9,11,14-15H,12-13H2,1-5H3;11-15,20H,1-10H3;/q-1;;/b;16-11-;. The molecule has 1 aliphatic carbocycles. The van der Waals surface area contributed by atoms with Gasteiger partial charge in [0.25, 0.3) is 0 Å². The van der Waals surface area contributed by atoms with Crippen molar-refractivity contribution in [2.75, 3.05) is 0 Å². The second-order valence-electron chi connectivity index (χ2n) is 17.6. The minimum absolute atomic E-state index is 0. The van der Waals surface area contributed by atoms with Crippen LogP contribution in [0.5, 0.6) is 0 Å². The maximum absolute atomic E-state index is 12.8. The van der Waals surface area contributed by atoms with E-state index in [2.05, 4.69) is 113 Å². The van der Waals surface area contributed by atoms with Crippen molar-refractivity contribution in [2.24, 2.45) is 34.5 Å². The largest absolute Gasteiger partial charge is 0.512 e. The molecule has 0 aliphatic heterocycles. The number of ketones is 1. The fraction of sp³-hybridized carbons (Fsp3) is 0.556. The molecule has 5 rings (SSSR count). The predicted octanol–water partition coefficient (Wildman–Crippen LogP) is 12.7. The molecule has 0 fully saturated rings. The van der Waals surface area contributed by atoms with Gasteiger partial charge in [0.1, 0.15) is 16.9 Å². The van der Waals surface area contributed by atoms with E-state index >= 15 is 0 Å². The molecule has 275 valence electrons. The summed E-state index contributed by atoms with van der Waals surface area (Å²) in [5.74, 6) is 1.27. The smallest absolute Gasteiger partial charge is 0.165 e. The monoisotopic (exact) mass is 857 g/mol. The van der Waals surface area contributed by atoms with Crippen molar-refractivity contribution in [1.82, 2.24) is 4.98 Å². The Morgan fingerprint density at radius 3 is 1.96 bits per heavy atom. The summed E-state index contributed by atoms with van der Waals surface area (Å²) >= 11 is 0. The molecular weight excluding hydrogens is 795 g/mol. The van der Waals surface area contributed by atoms with Crippen molar-refractivity contribution in [3.8, 4) is 11.3 Å². The molecule has 0 amide bonds. The topological polar surface area (TPSA) is 63.3 Å². The number of rotatable bonds is 8. The number of hydrogen-bond donors (Lipinski definition) is 1. The van der Waals surface area contributed by atoms with Crippen LogP contribution in [0.3, 0.4) is 0 Å². The Balaban J connectivity index is 0.000000279. The van der Waals surface area contributed by atoms with Gasteiger partial charge in [0, 0.05) is 59.7 Å². The summed E-state index contributed by atoms with van der Waals surface area (Å²) < 4.78 is 6.51. The van der Waals surface area contributed by atoms with Gasteiger partial charge in [0.05, 0.1) is 0 Å². The van der Waals surface area contributed by atoms with E-state index in [1.165, 1.54) is 46.4 Å². The molecule has 4 nitrogen and oxygen atoms in total. The van der Waals surface area contributed by atoms with Crippen LogP contribution in [-0.2, 0) is 35.7 Å². The van der Waals surface area contributed by atoms with Gasteiger partial charge < -0.3 is 14.5 Å². The first-order valence-electron chi connectivity index (χ1n) is 18.4. The van der Waals surface area contributed by atoms with E-state index in [0.29, 0.717) is 0 Å².